The SMILES string of the molecule is CC(C)(C)N1CCC(NC(=O)c2ccnc(Oc3ccccc3)c2)CC1. The summed E-state index contributed by atoms with van der Waals surface area (Å²) in [7, 11) is 0. The van der Waals surface area contributed by atoms with E-state index in [0.717, 1.165) is 25.9 Å². The maximum Gasteiger partial charge on any atom is 0.251 e. The van der Waals surface area contributed by atoms with Crippen LogP contribution in [-0.4, -0.2) is 40.5 Å². The molecule has 5 nitrogen and oxygen atoms in total. The van der Waals surface area contributed by atoms with Crippen LogP contribution < -0.4 is 10.1 Å². The first-order valence-corrected chi connectivity index (χ1v) is 9.17. The number of nitrogens with zero attached hydrogens (tertiary/aromatic N) is 2. The molecule has 1 amide bonds. The van der Waals surface area contributed by atoms with Crippen molar-refractivity contribution in [1.29, 1.82) is 0 Å². The molecule has 0 unspecified atom stereocenters. The molecular weight excluding hydrogens is 326 g/mol. The predicted molar refractivity (Wildman–Crippen MR) is 103 cm³/mol. The van der Waals surface area contributed by atoms with Gasteiger partial charge in [-0.05, 0) is 51.8 Å². The van der Waals surface area contributed by atoms with Gasteiger partial charge in [-0.3, -0.25) is 9.69 Å². The summed E-state index contributed by atoms with van der Waals surface area (Å²) < 4.78 is 5.71. The van der Waals surface area contributed by atoms with E-state index in [0.29, 0.717) is 17.2 Å². The van der Waals surface area contributed by atoms with E-state index in [-0.39, 0.29) is 17.5 Å². The second-order valence-corrected chi connectivity index (χ2v) is 7.70. The predicted octanol–water partition coefficient (Wildman–Crippen LogP) is 3.87. The van der Waals surface area contributed by atoms with Gasteiger partial charge in [-0.1, -0.05) is 18.2 Å². The van der Waals surface area contributed by atoms with Gasteiger partial charge >= 0.3 is 0 Å². The fraction of sp³-hybridized carbons (Fsp3) is 0.429. The number of amides is 1. The highest BCUT2D eigenvalue weighted by atomic mass is 16.5. The first-order valence-electron chi connectivity index (χ1n) is 9.17. The van der Waals surface area contributed by atoms with Crippen molar-refractivity contribution in [2.45, 2.75) is 45.2 Å². The topological polar surface area (TPSA) is 54.5 Å². The molecule has 26 heavy (non-hydrogen) atoms. The van der Waals surface area contributed by atoms with Crippen LogP contribution in [0.2, 0.25) is 0 Å². The number of nitrogens with one attached hydrogen (secondary N) is 1. The van der Waals surface area contributed by atoms with Crippen molar-refractivity contribution in [1.82, 2.24) is 15.2 Å². The third-order valence-electron chi connectivity index (χ3n) is 4.74. The maximum atomic E-state index is 12.6. The van der Waals surface area contributed by atoms with Crippen LogP contribution in [0.4, 0.5) is 0 Å². The smallest absolute Gasteiger partial charge is 0.251 e. The van der Waals surface area contributed by atoms with Crippen molar-refractivity contribution in [3.05, 3.63) is 54.2 Å². The maximum absolute atomic E-state index is 12.6. The number of hydrogen-bond acceptors (Lipinski definition) is 4. The second kappa shape index (κ2) is 7.87. The normalized spacial score (nSPS) is 16.3. The minimum atomic E-state index is -0.0699. The fourth-order valence-electron chi connectivity index (χ4n) is 3.18. The molecule has 1 aromatic heterocycles. The molecule has 1 N–H and O–H groups in total. The molecule has 0 spiro atoms. The Hall–Kier alpha value is -2.40. The third kappa shape index (κ3) is 4.82. The van der Waals surface area contributed by atoms with E-state index in [2.05, 4.69) is 36.0 Å². The number of pyridine rings is 1. The van der Waals surface area contributed by atoms with Crippen LogP contribution in [0.3, 0.4) is 0 Å². The summed E-state index contributed by atoms with van der Waals surface area (Å²) in [5, 5.41) is 3.15. The van der Waals surface area contributed by atoms with Crippen molar-refractivity contribution >= 4 is 5.91 Å². The molecule has 1 aliphatic rings. The van der Waals surface area contributed by atoms with Gasteiger partial charge in [0.1, 0.15) is 5.75 Å². The van der Waals surface area contributed by atoms with Crippen LogP contribution in [0.25, 0.3) is 0 Å². The van der Waals surface area contributed by atoms with Gasteiger partial charge in [0.2, 0.25) is 5.88 Å². The van der Waals surface area contributed by atoms with Gasteiger partial charge in [0.15, 0.2) is 0 Å². The van der Waals surface area contributed by atoms with Crippen LogP contribution in [0.1, 0.15) is 44.0 Å². The van der Waals surface area contributed by atoms with Crippen LogP contribution in [-0.2, 0) is 0 Å². The molecule has 3 rings (SSSR count). The summed E-state index contributed by atoms with van der Waals surface area (Å²) in [5.74, 6) is 1.05. The summed E-state index contributed by atoms with van der Waals surface area (Å²) >= 11 is 0. The Morgan fingerprint density at radius 2 is 1.85 bits per heavy atom. The van der Waals surface area contributed by atoms with Crippen molar-refractivity contribution < 1.29 is 9.53 Å². The molecular formula is C21H27N3O2. The Morgan fingerprint density at radius 3 is 2.50 bits per heavy atom. The molecule has 2 heterocycles. The van der Waals surface area contributed by atoms with E-state index in [9.17, 15) is 4.79 Å². The average Bonchev–Trinajstić information content (AvgIpc) is 2.62. The number of likely N-dealkylation sites (tertiary alicyclic amines) is 1. The highest BCUT2D eigenvalue weighted by Gasteiger charge is 2.27. The minimum Gasteiger partial charge on any atom is -0.439 e. The van der Waals surface area contributed by atoms with E-state index < -0.39 is 0 Å². The summed E-state index contributed by atoms with van der Waals surface area (Å²) in [6.07, 6.45) is 3.55. The van der Waals surface area contributed by atoms with Gasteiger partial charge in [-0.2, -0.15) is 0 Å². The molecule has 0 bridgehead atoms. The largest absolute Gasteiger partial charge is 0.439 e. The Balaban J connectivity index is 1.58. The monoisotopic (exact) mass is 353 g/mol. The van der Waals surface area contributed by atoms with Crippen molar-refractivity contribution in [2.75, 3.05) is 13.1 Å². The quantitative estimate of drug-likeness (QED) is 0.907. The first-order chi connectivity index (χ1) is 12.4. The second-order valence-electron chi connectivity index (χ2n) is 7.70. The zero-order chi connectivity index (χ0) is 18.6. The van der Waals surface area contributed by atoms with E-state index in [1.807, 2.05) is 30.3 Å². The van der Waals surface area contributed by atoms with E-state index in [1.54, 1.807) is 18.3 Å². The van der Waals surface area contributed by atoms with Crippen LogP contribution in [0.5, 0.6) is 11.6 Å². The lowest BCUT2D eigenvalue weighted by Gasteiger charge is -2.41. The third-order valence-corrected chi connectivity index (χ3v) is 4.74. The van der Waals surface area contributed by atoms with E-state index in [4.69, 9.17) is 4.74 Å². The van der Waals surface area contributed by atoms with Crippen molar-refractivity contribution in [2.24, 2.45) is 0 Å². The first kappa shape index (κ1) is 18.4. The Morgan fingerprint density at radius 1 is 1.15 bits per heavy atom. The number of benzene rings is 1. The number of aromatic nitrogens is 1. The van der Waals surface area contributed by atoms with Crippen LogP contribution in [0, 0.1) is 0 Å². The number of piperidine rings is 1. The zero-order valence-electron chi connectivity index (χ0n) is 15.7. The molecule has 2 aromatic rings. The lowest BCUT2D eigenvalue weighted by molar-refractivity contribution is 0.0812. The molecule has 1 aromatic carbocycles. The van der Waals surface area contributed by atoms with Crippen LogP contribution in [0.15, 0.2) is 48.7 Å². The molecule has 0 saturated carbocycles. The Labute approximate surface area is 155 Å². The number of para-hydroxylation sites is 1. The summed E-state index contributed by atoms with van der Waals surface area (Å²) in [5.41, 5.74) is 0.758. The Bertz CT molecular complexity index is 732. The van der Waals surface area contributed by atoms with Crippen molar-refractivity contribution in [3.63, 3.8) is 0 Å². The molecule has 0 atom stereocenters. The molecule has 5 heteroatoms. The highest BCUT2D eigenvalue weighted by Crippen LogP contribution is 2.21. The molecule has 138 valence electrons. The van der Waals surface area contributed by atoms with Gasteiger partial charge < -0.3 is 10.1 Å². The number of hydrogen-bond donors (Lipinski definition) is 1. The zero-order valence-corrected chi connectivity index (χ0v) is 15.7. The molecule has 1 saturated heterocycles. The molecule has 0 aliphatic carbocycles. The molecule has 0 radical (unpaired) electrons. The number of rotatable bonds is 4. The van der Waals surface area contributed by atoms with Gasteiger partial charge in [0, 0.05) is 42.5 Å². The summed E-state index contributed by atoms with van der Waals surface area (Å²) in [6, 6.07) is 13.1. The van der Waals surface area contributed by atoms with E-state index >= 15 is 0 Å². The fourth-order valence-corrected chi connectivity index (χ4v) is 3.18. The average molecular weight is 353 g/mol. The van der Waals surface area contributed by atoms with Gasteiger partial charge in [-0.25, -0.2) is 4.98 Å². The lowest BCUT2D eigenvalue weighted by Crippen LogP contribution is -2.50. The van der Waals surface area contributed by atoms with Crippen LogP contribution >= 0.6 is 0 Å². The number of ether oxygens (including phenoxy) is 1. The van der Waals surface area contributed by atoms with Gasteiger partial charge in [0.05, 0.1) is 0 Å². The van der Waals surface area contributed by atoms with E-state index in [1.165, 1.54) is 0 Å². The number of carbonyl (C=O) groups excluding carboxylic acids is 1. The standard InChI is InChI=1S/C21H27N3O2/c1-21(2,3)24-13-10-17(11-14-24)23-20(25)16-9-12-22-19(15-16)26-18-7-5-4-6-8-18/h4-9,12,15,17H,10-11,13-14H2,1-3H3,(H,23,25). The van der Waals surface area contributed by atoms with Gasteiger partial charge in [-0.15, -0.1) is 0 Å². The lowest BCUT2D eigenvalue weighted by atomic mass is 9.98. The van der Waals surface area contributed by atoms with Gasteiger partial charge in [0.25, 0.3) is 5.91 Å². The minimum absolute atomic E-state index is 0.0699. The Kier molecular flexibility index (Phi) is 5.57. The summed E-state index contributed by atoms with van der Waals surface area (Å²) in [6.45, 7) is 8.71. The highest BCUT2D eigenvalue weighted by molar-refractivity contribution is 5.94. The molecule has 1 fully saturated rings. The number of carbonyl (C=O) groups is 1. The van der Waals surface area contributed by atoms with Crippen molar-refractivity contribution in [3.8, 4) is 11.6 Å². The summed E-state index contributed by atoms with van der Waals surface area (Å²) in [4.78, 5) is 19.2. The molecule has 1 aliphatic heterocycles.